The van der Waals surface area contributed by atoms with Crippen LogP contribution in [-0.4, -0.2) is 29.0 Å². The van der Waals surface area contributed by atoms with E-state index in [1.807, 2.05) is 0 Å². The fourth-order valence-corrected chi connectivity index (χ4v) is 2.23. The Morgan fingerprint density at radius 2 is 2.46 bits per heavy atom. The van der Waals surface area contributed by atoms with Gasteiger partial charge in [0.1, 0.15) is 6.33 Å². The molecule has 1 fully saturated rings. The van der Waals surface area contributed by atoms with Crippen LogP contribution in [0.15, 0.2) is 6.33 Å². The van der Waals surface area contributed by atoms with Crippen LogP contribution in [0, 0.1) is 5.92 Å². The van der Waals surface area contributed by atoms with Gasteiger partial charge in [0.15, 0.2) is 0 Å². The van der Waals surface area contributed by atoms with Crippen molar-refractivity contribution >= 4 is 16.7 Å². The van der Waals surface area contributed by atoms with Gasteiger partial charge in [0.25, 0.3) is 0 Å². The van der Waals surface area contributed by atoms with Crippen LogP contribution in [0.25, 0.3) is 0 Å². The van der Waals surface area contributed by atoms with Gasteiger partial charge in [-0.15, -0.1) is 0 Å². The maximum absolute atomic E-state index is 5.72. The molecule has 0 aromatic carbocycles. The van der Waals surface area contributed by atoms with Gasteiger partial charge in [-0.2, -0.15) is 4.37 Å². The topological polar surface area (TPSA) is 55.0 Å². The molecule has 0 amide bonds. The highest BCUT2D eigenvalue weighted by atomic mass is 32.1. The zero-order chi connectivity index (χ0) is 9.26. The zero-order valence-electron chi connectivity index (χ0n) is 7.68. The quantitative estimate of drug-likeness (QED) is 0.777. The molecule has 72 valence electrons. The molecule has 1 aromatic heterocycles. The fourth-order valence-electron chi connectivity index (χ4n) is 1.74. The van der Waals surface area contributed by atoms with Crippen molar-refractivity contribution in [3.05, 3.63) is 6.33 Å². The Kier molecular flexibility index (Phi) is 2.46. The van der Waals surface area contributed by atoms with Gasteiger partial charge in [-0.1, -0.05) is 0 Å². The lowest BCUT2D eigenvalue weighted by molar-refractivity contribution is 0.271. The highest BCUT2D eigenvalue weighted by Gasteiger charge is 2.27. The van der Waals surface area contributed by atoms with Crippen molar-refractivity contribution in [1.82, 2.24) is 9.36 Å². The molecule has 0 spiro atoms. The number of aromatic nitrogens is 2. The van der Waals surface area contributed by atoms with E-state index in [2.05, 4.69) is 21.3 Å². The number of hydrogen-bond acceptors (Lipinski definition) is 5. The fraction of sp³-hybridized carbons (Fsp3) is 0.750. The molecule has 1 heterocycles. The summed E-state index contributed by atoms with van der Waals surface area (Å²) in [4.78, 5) is 6.31. The number of hydrogen-bond donors (Lipinski definition) is 1. The third-order valence-corrected chi connectivity index (χ3v) is 3.26. The predicted octanol–water partition coefficient (Wildman–Crippen LogP) is 0.712. The molecule has 13 heavy (non-hydrogen) atoms. The van der Waals surface area contributed by atoms with E-state index in [1.54, 1.807) is 6.33 Å². The summed E-state index contributed by atoms with van der Waals surface area (Å²) in [6, 6.07) is 0.438. The van der Waals surface area contributed by atoms with Crippen molar-refractivity contribution in [3.63, 3.8) is 0 Å². The zero-order valence-corrected chi connectivity index (χ0v) is 8.50. The lowest BCUT2D eigenvalue weighted by atomic mass is 9.81. The summed E-state index contributed by atoms with van der Waals surface area (Å²) in [6.07, 6.45) is 3.91. The van der Waals surface area contributed by atoms with E-state index in [0.717, 1.165) is 30.4 Å². The lowest BCUT2D eigenvalue weighted by Crippen LogP contribution is -2.41. The van der Waals surface area contributed by atoms with Crippen LogP contribution in [0.1, 0.15) is 12.8 Å². The number of anilines is 1. The molecule has 0 aliphatic heterocycles. The van der Waals surface area contributed by atoms with Crippen LogP contribution in [0.3, 0.4) is 0 Å². The van der Waals surface area contributed by atoms with E-state index < -0.39 is 0 Å². The van der Waals surface area contributed by atoms with Gasteiger partial charge >= 0.3 is 0 Å². The summed E-state index contributed by atoms with van der Waals surface area (Å²) in [7, 11) is 2.06. The first-order valence-electron chi connectivity index (χ1n) is 4.49. The highest BCUT2D eigenvalue weighted by Crippen LogP contribution is 2.27. The minimum absolute atomic E-state index is 0.438. The molecule has 2 rings (SSSR count). The Morgan fingerprint density at radius 3 is 3.00 bits per heavy atom. The molecule has 0 atom stereocenters. The van der Waals surface area contributed by atoms with E-state index in [1.165, 1.54) is 11.5 Å². The largest absolute Gasteiger partial charge is 0.350 e. The number of rotatable bonds is 3. The maximum Gasteiger partial charge on any atom is 0.204 e. The second-order valence-corrected chi connectivity index (χ2v) is 4.46. The molecular weight excluding hydrogens is 184 g/mol. The van der Waals surface area contributed by atoms with Crippen molar-refractivity contribution in [2.75, 3.05) is 18.5 Å². The molecule has 1 aliphatic rings. The molecule has 0 bridgehead atoms. The Balaban J connectivity index is 1.82. The van der Waals surface area contributed by atoms with Crippen LogP contribution in [0.4, 0.5) is 5.13 Å². The Bertz CT molecular complexity index is 255. The van der Waals surface area contributed by atoms with Gasteiger partial charge in [-0.05, 0) is 18.8 Å². The van der Waals surface area contributed by atoms with E-state index in [4.69, 9.17) is 5.73 Å². The average Bonchev–Trinajstić information content (AvgIpc) is 2.53. The first kappa shape index (κ1) is 8.90. The third-order valence-electron chi connectivity index (χ3n) is 2.48. The Hall–Kier alpha value is -0.680. The summed E-state index contributed by atoms with van der Waals surface area (Å²) in [5.41, 5.74) is 5.72. The molecule has 4 nitrogen and oxygen atoms in total. The summed E-state index contributed by atoms with van der Waals surface area (Å²) in [5.74, 6) is 0.754. The van der Waals surface area contributed by atoms with Crippen molar-refractivity contribution in [2.45, 2.75) is 18.9 Å². The monoisotopic (exact) mass is 198 g/mol. The molecule has 1 aromatic rings. The van der Waals surface area contributed by atoms with Crippen LogP contribution in [0.2, 0.25) is 0 Å². The van der Waals surface area contributed by atoms with Gasteiger partial charge in [-0.3, -0.25) is 0 Å². The lowest BCUT2D eigenvalue weighted by Gasteiger charge is -2.35. The van der Waals surface area contributed by atoms with Crippen LogP contribution < -0.4 is 10.6 Å². The van der Waals surface area contributed by atoms with Crippen molar-refractivity contribution in [3.8, 4) is 0 Å². The van der Waals surface area contributed by atoms with Gasteiger partial charge in [0.2, 0.25) is 5.13 Å². The van der Waals surface area contributed by atoms with Gasteiger partial charge in [0, 0.05) is 31.2 Å². The molecule has 0 saturated heterocycles. The van der Waals surface area contributed by atoms with Crippen LogP contribution in [-0.2, 0) is 0 Å². The summed E-state index contributed by atoms with van der Waals surface area (Å²) >= 11 is 1.44. The molecule has 0 radical (unpaired) electrons. The summed E-state index contributed by atoms with van der Waals surface area (Å²) < 4.78 is 3.97. The number of nitrogens with zero attached hydrogens (tertiary/aromatic N) is 3. The van der Waals surface area contributed by atoms with Crippen molar-refractivity contribution in [1.29, 1.82) is 0 Å². The van der Waals surface area contributed by atoms with Gasteiger partial charge in [-0.25, -0.2) is 4.98 Å². The molecular formula is C8H14N4S. The minimum atomic E-state index is 0.438. The third kappa shape index (κ3) is 1.97. The maximum atomic E-state index is 5.72. The van der Waals surface area contributed by atoms with E-state index >= 15 is 0 Å². The standard InChI is InChI=1S/C8H14N4S/c1-12(8-10-5-11-13-8)4-6-2-7(9)3-6/h5-7H,2-4,9H2,1H3. The Morgan fingerprint density at radius 1 is 1.69 bits per heavy atom. The van der Waals surface area contributed by atoms with Crippen LogP contribution in [0.5, 0.6) is 0 Å². The molecule has 2 N–H and O–H groups in total. The van der Waals surface area contributed by atoms with Gasteiger partial charge in [0.05, 0.1) is 0 Å². The smallest absolute Gasteiger partial charge is 0.204 e. The SMILES string of the molecule is CN(CC1CC(N)C1)c1ncns1. The second kappa shape index (κ2) is 3.59. The predicted molar refractivity (Wildman–Crippen MR) is 53.9 cm³/mol. The Labute approximate surface area is 81.9 Å². The minimum Gasteiger partial charge on any atom is -0.350 e. The van der Waals surface area contributed by atoms with E-state index in [0.29, 0.717) is 6.04 Å². The average molecular weight is 198 g/mol. The van der Waals surface area contributed by atoms with E-state index in [9.17, 15) is 0 Å². The van der Waals surface area contributed by atoms with Crippen molar-refractivity contribution < 1.29 is 0 Å². The van der Waals surface area contributed by atoms with Crippen LogP contribution >= 0.6 is 11.5 Å². The normalized spacial score (nSPS) is 26.9. The van der Waals surface area contributed by atoms with E-state index in [-0.39, 0.29) is 0 Å². The van der Waals surface area contributed by atoms with Crippen molar-refractivity contribution in [2.24, 2.45) is 11.7 Å². The molecule has 1 aliphatic carbocycles. The highest BCUT2D eigenvalue weighted by molar-refractivity contribution is 7.09. The molecule has 1 saturated carbocycles. The van der Waals surface area contributed by atoms with Gasteiger partial charge < -0.3 is 10.6 Å². The molecule has 5 heteroatoms. The second-order valence-electron chi connectivity index (χ2n) is 3.70. The first-order valence-corrected chi connectivity index (χ1v) is 5.26. The first-order chi connectivity index (χ1) is 6.25. The number of nitrogens with two attached hydrogens (primary N) is 1. The summed E-state index contributed by atoms with van der Waals surface area (Å²) in [5, 5.41) is 1.00. The summed E-state index contributed by atoms with van der Waals surface area (Å²) in [6.45, 7) is 1.06. The molecule has 0 unspecified atom stereocenters.